The highest BCUT2D eigenvalue weighted by Gasteiger charge is 2.22. The third-order valence-corrected chi connectivity index (χ3v) is 2.74. The molecule has 16 heavy (non-hydrogen) atoms. The standard InChI is InChI=1S/C13H19NO2/c1-4-10-9(7-13(2,3)14)5-6-11-12(10)16-8-15-11/h5-6H,4,7-8,14H2,1-3H3. The summed E-state index contributed by atoms with van der Waals surface area (Å²) in [4.78, 5) is 0. The van der Waals surface area contributed by atoms with Crippen LogP contribution in [-0.4, -0.2) is 12.3 Å². The molecule has 0 spiro atoms. The lowest BCUT2D eigenvalue weighted by Crippen LogP contribution is -2.34. The van der Waals surface area contributed by atoms with Crippen LogP contribution in [0.15, 0.2) is 12.1 Å². The summed E-state index contributed by atoms with van der Waals surface area (Å²) in [5.41, 5.74) is 8.36. The topological polar surface area (TPSA) is 44.5 Å². The van der Waals surface area contributed by atoms with Crippen molar-refractivity contribution in [1.29, 1.82) is 0 Å². The molecule has 3 heteroatoms. The Kier molecular flexibility index (Phi) is 2.80. The van der Waals surface area contributed by atoms with Crippen molar-refractivity contribution >= 4 is 0 Å². The van der Waals surface area contributed by atoms with Gasteiger partial charge in [0, 0.05) is 11.1 Å². The maximum atomic E-state index is 6.06. The highest BCUT2D eigenvalue weighted by Crippen LogP contribution is 2.38. The molecule has 1 aliphatic heterocycles. The third kappa shape index (κ3) is 2.14. The Balaban J connectivity index is 2.39. The predicted octanol–water partition coefficient (Wildman–Crippen LogP) is 2.26. The fraction of sp³-hybridized carbons (Fsp3) is 0.538. The molecule has 1 heterocycles. The van der Waals surface area contributed by atoms with Crippen molar-refractivity contribution in [2.75, 3.05) is 6.79 Å². The van der Waals surface area contributed by atoms with Crippen molar-refractivity contribution in [1.82, 2.24) is 0 Å². The molecule has 1 aromatic carbocycles. The SMILES string of the molecule is CCc1c(CC(C)(C)N)ccc2c1OCO2. The van der Waals surface area contributed by atoms with Crippen molar-refractivity contribution in [3.8, 4) is 11.5 Å². The van der Waals surface area contributed by atoms with Crippen molar-refractivity contribution in [2.45, 2.75) is 39.2 Å². The largest absolute Gasteiger partial charge is 0.454 e. The van der Waals surface area contributed by atoms with E-state index in [9.17, 15) is 0 Å². The van der Waals surface area contributed by atoms with Crippen LogP contribution in [0.3, 0.4) is 0 Å². The molecule has 2 rings (SSSR count). The highest BCUT2D eigenvalue weighted by molar-refractivity contribution is 5.52. The summed E-state index contributed by atoms with van der Waals surface area (Å²) in [7, 11) is 0. The molecule has 0 atom stereocenters. The van der Waals surface area contributed by atoms with E-state index in [1.807, 2.05) is 19.9 Å². The van der Waals surface area contributed by atoms with Gasteiger partial charge in [-0.15, -0.1) is 0 Å². The molecule has 1 aromatic rings. The lowest BCUT2D eigenvalue weighted by Gasteiger charge is -2.21. The molecule has 0 amide bonds. The van der Waals surface area contributed by atoms with Gasteiger partial charge in [-0.1, -0.05) is 13.0 Å². The molecule has 3 nitrogen and oxygen atoms in total. The van der Waals surface area contributed by atoms with Gasteiger partial charge in [-0.3, -0.25) is 0 Å². The van der Waals surface area contributed by atoms with Crippen LogP contribution in [0.2, 0.25) is 0 Å². The lowest BCUT2D eigenvalue weighted by molar-refractivity contribution is 0.173. The van der Waals surface area contributed by atoms with Crippen LogP contribution in [0.5, 0.6) is 11.5 Å². The quantitative estimate of drug-likeness (QED) is 0.851. The minimum Gasteiger partial charge on any atom is -0.454 e. The Morgan fingerprint density at radius 3 is 2.69 bits per heavy atom. The van der Waals surface area contributed by atoms with E-state index in [0.717, 1.165) is 24.3 Å². The van der Waals surface area contributed by atoms with Crippen LogP contribution in [-0.2, 0) is 12.8 Å². The van der Waals surface area contributed by atoms with Gasteiger partial charge in [-0.2, -0.15) is 0 Å². The van der Waals surface area contributed by atoms with Gasteiger partial charge in [0.25, 0.3) is 0 Å². The van der Waals surface area contributed by atoms with E-state index in [1.165, 1.54) is 11.1 Å². The number of fused-ring (bicyclic) bond motifs is 1. The summed E-state index contributed by atoms with van der Waals surface area (Å²) in [5.74, 6) is 1.76. The van der Waals surface area contributed by atoms with Gasteiger partial charge in [0.05, 0.1) is 0 Å². The second-order valence-electron chi connectivity index (χ2n) is 4.96. The van der Waals surface area contributed by atoms with E-state index < -0.39 is 0 Å². The average molecular weight is 221 g/mol. The molecular formula is C13H19NO2. The molecular weight excluding hydrogens is 202 g/mol. The Bertz CT molecular complexity index is 394. The van der Waals surface area contributed by atoms with Gasteiger partial charge in [-0.25, -0.2) is 0 Å². The summed E-state index contributed by atoms with van der Waals surface area (Å²) in [6.45, 7) is 6.54. The van der Waals surface area contributed by atoms with E-state index >= 15 is 0 Å². The first-order chi connectivity index (χ1) is 7.51. The first kappa shape index (κ1) is 11.3. The van der Waals surface area contributed by atoms with Crippen LogP contribution < -0.4 is 15.2 Å². The summed E-state index contributed by atoms with van der Waals surface area (Å²) < 4.78 is 10.9. The molecule has 2 N–H and O–H groups in total. The second kappa shape index (κ2) is 3.98. The Morgan fingerprint density at radius 1 is 1.31 bits per heavy atom. The zero-order chi connectivity index (χ0) is 11.8. The summed E-state index contributed by atoms with van der Waals surface area (Å²) in [6.07, 6.45) is 1.80. The van der Waals surface area contributed by atoms with Crippen LogP contribution in [0, 0.1) is 0 Å². The van der Waals surface area contributed by atoms with E-state index in [2.05, 4.69) is 13.0 Å². The average Bonchev–Trinajstić information content (AvgIpc) is 2.62. The molecule has 0 bridgehead atoms. The van der Waals surface area contributed by atoms with Gasteiger partial charge in [0.1, 0.15) is 0 Å². The highest BCUT2D eigenvalue weighted by atomic mass is 16.7. The normalized spacial score (nSPS) is 14.2. The van der Waals surface area contributed by atoms with Gasteiger partial charge >= 0.3 is 0 Å². The molecule has 0 fully saturated rings. The zero-order valence-electron chi connectivity index (χ0n) is 10.2. The fourth-order valence-corrected chi connectivity index (χ4v) is 2.11. The summed E-state index contributed by atoms with van der Waals surface area (Å²) >= 11 is 0. The summed E-state index contributed by atoms with van der Waals surface area (Å²) in [5, 5.41) is 0. The number of nitrogens with two attached hydrogens (primary N) is 1. The first-order valence-electron chi connectivity index (χ1n) is 5.70. The van der Waals surface area contributed by atoms with E-state index in [4.69, 9.17) is 15.2 Å². The lowest BCUT2D eigenvalue weighted by atomic mass is 9.91. The minimum atomic E-state index is -0.197. The first-order valence-corrected chi connectivity index (χ1v) is 5.70. The molecule has 1 aliphatic rings. The maximum Gasteiger partial charge on any atom is 0.231 e. The van der Waals surface area contributed by atoms with Crippen molar-refractivity contribution < 1.29 is 9.47 Å². The Morgan fingerprint density at radius 2 is 2.06 bits per heavy atom. The molecule has 0 aliphatic carbocycles. The smallest absolute Gasteiger partial charge is 0.231 e. The van der Waals surface area contributed by atoms with Gasteiger partial charge in [0.15, 0.2) is 11.5 Å². The van der Waals surface area contributed by atoms with Gasteiger partial charge < -0.3 is 15.2 Å². The molecule has 0 unspecified atom stereocenters. The molecule has 88 valence electrons. The minimum absolute atomic E-state index is 0.197. The van der Waals surface area contributed by atoms with Gasteiger partial charge in [-0.05, 0) is 38.3 Å². The van der Waals surface area contributed by atoms with Crippen molar-refractivity contribution in [2.24, 2.45) is 5.73 Å². The molecule has 0 saturated carbocycles. The number of benzene rings is 1. The van der Waals surface area contributed by atoms with Crippen LogP contribution in [0.4, 0.5) is 0 Å². The molecule has 0 radical (unpaired) electrons. The molecule has 0 aromatic heterocycles. The third-order valence-electron chi connectivity index (χ3n) is 2.74. The molecule has 0 saturated heterocycles. The van der Waals surface area contributed by atoms with Crippen LogP contribution >= 0.6 is 0 Å². The number of rotatable bonds is 3. The van der Waals surface area contributed by atoms with Crippen molar-refractivity contribution in [3.63, 3.8) is 0 Å². The Hall–Kier alpha value is -1.22. The zero-order valence-corrected chi connectivity index (χ0v) is 10.2. The van der Waals surface area contributed by atoms with Gasteiger partial charge in [0.2, 0.25) is 6.79 Å². The fourth-order valence-electron chi connectivity index (χ4n) is 2.11. The van der Waals surface area contributed by atoms with Crippen LogP contribution in [0.1, 0.15) is 31.9 Å². The number of ether oxygens (including phenoxy) is 2. The predicted molar refractivity (Wildman–Crippen MR) is 63.9 cm³/mol. The van der Waals surface area contributed by atoms with Crippen molar-refractivity contribution in [3.05, 3.63) is 23.3 Å². The number of hydrogen-bond acceptors (Lipinski definition) is 3. The second-order valence-corrected chi connectivity index (χ2v) is 4.96. The monoisotopic (exact) mass is 221 g/mol. The van der Waals surface area contributed by atoms with E-state index in [-0.39, 0.29) is 5.54 Å². The van der Waals surface area contributed by atoms with E-state index in [0.29, 0.717) is 6.79 Å². The summed E-state index contributed by atoms with van der Waals surface area (Å²) in [6, 6.07) is 4.07. The Labute approximate surface area is 96.5 Å². The van der Waals surface area contributed by atoms with E-state index in [1.54, 1.807) is 0 Å². The number of hydrogen-bond donors (Lipinski definition) is 1. The maximum absolute atomic E-state index is 6.06. The van der Waals surface area contributed by atoms with Crippen LogP contribution in [0.25, 0.3) is 0 Å².